The van der Waals surface area contributed by atoms with E-state index in [2.05, 4.69) is 0 Å². The molecule has 0 aliphatic rings. The van der Waals surface area contributed by atoms with Crippen molar-refractivity contribution in [3.8, 4) is 5.75 Å². The molecule has 1 atom stereocenters. The summed E-state index contributed by atoms with van der Waals surface area (Å²) in [6.07, 6.45) is -0.302. The van der Waals surface area contributed by atoms with Crippen molar-refractivity contribution >= 4 is 34.8 Å². The van der Waals surface area contributed by atoms with Crippen molar-refractivity contribution in [1.29, 1.82) is 0 Å². The zero-order valence-electron chi connectivity index (χ0n) is 7.43. The largest absolute Gasteiger partial charge is 0.488 e. The highest BCUT2D eigenvalue weighted by Crippen LogP contribution is 2.34. The second kappa shape index (κ2) is 5.08. The number of aliphatic hydroxyl groups is 1. The summed E-state index contributed by atoms with van der Waals surface area (Å²) in [5, 5.41) is 9.74. The van der Waals surface area contributed by atoms with Crippen LogP contribution in [-0.4, -0.2) is 17.8 Å². The third-order valence-corrected chi connectivity index (χ3v) is 2.75. The number of aliphatic hydroxyl groups excluding tert-OH is 1. The van der Waals surface area contributed by atoms with E-state index in [0.29, 0.717) is 20.8 Å². The van der Waals surface area contributed by atoms with Crippen molar-refractivity contribution in [1.82, 2.24) is 0 Å². The van der Waals surface area contributed by atoms with E-state index in [4.69, 9.17) is 44.6 Å². The fourth-order valence-corrected chi connectivity index (χ4v) is 1.45. The van der Waals surface area contributed by atoms with Crippen molar-refractivity contribution in [3.63, 3.8) is 0 Å². The molecule has 1 N–H and O–H groups in total. The molecular weight excluding hydrogens is 246 g/mol. The molecule has 0 spiro atoms. The van der Waals surface area contributed by atoms with Gasteiger partial charge in [0.2, 0.25) is 0 Å². The van der Waals surface area contributed by atoms with Gasteiger partial charge in [0, 0.05) is 12.1 Å². The SMILES string of the molecule is CC(CO)Oc1cc(Cl)c(Cl)c(Cl)c1. The third kappa shape index (κ3) is 2.92. The van der Waals surface area contributed by atoms with Crippen LogP contribution in [0.25, 0.3) is 0 Å². The molecule has 1 aromatic rings. The fraction of sp³-hybridized carbons (Fsp3) is 0.333. The monoisotopic (exact) mass is 254 g/mol. The summed E-state index contributed by atoms with van der Waals surface area (Å²) >= 11 is 17.3. The van der Waals surface area contributed by atoms with E-state index in [0.717, 1.165) is 0 Å². The van der Waals surface area contributed by atoms with E-state index in [1.807, 2.05) is 0 Å². The highest BCUT2D eigenvalue weighted by molar-refractivity contribution is 6.48. The molecule has 78 valence electrons. The molecule has 0 fully saturated rings. The van der Waals surface area contributed by atoms with Gasteiger partial charge in [0.05, 0.1) is 21.7 Å². The maximum atomic E-state index is 8.77. The van der Waals surface area contributed by atoms with Gasteiger partial charge in [0.1, 0.15) is 11.9 Å². The molecule has 0 saturated carbocycles. The van der Waals surface area contributed by atoms with Gasteiger partial charge in [-0.2, -0.15) is 0 Å². The first-order valence-electron chi connectivity index (χ1n) is 3.96. The Balaban J connectivity index is 2.89. The summed E-state index contributed by atoms with van der Waals surface area (Å²) < 4.78 is 5.30. The smallest absolute Gasteiger partial charge is 0.122 e. The van der Waals surface area contributed by atoms with Gasteiger partial charge in [-0.1, -0.05) is 34.8 Å². The van der Waals surface area contributed by atoms with Crippen LogP contribution in [0, 0.1) is 0 Å². The Kier molecular flexibility index (Phi) is 4.32. The van der Waals surface area contributed by atoms with Crippen LogP contribution in [0.5, 0.6) is 5.75 Å². The van der Waals surface area contributed by atoms with Gasteiger partial charge >= 0.3 is 0 Å². The first-order valence-corrected chi connectivity index (χ1v) is 5.10. The van der Waals surface area contributed by atoms with Crippen molar-refractivity contribution in [2.24, 2.45) is 0 Å². The molecule has 0 saturated heterocycles. The maximum Gasteiger partial charge on any atom is 0.122 e. The standard InChI is InChI=1S/C9H9Cl3O2/c1-5(4-13)14-6-2-7(10)9(12)8(11)3-6/h2-3,5,13H,4H2,1H3. The average Bonchev–Trinajstić information content (AvgIpc) is 2.14. The molecule has 0 bridgehead atoms. The Morgan fingerprint density at radius 1 is 1.29 bits per heavy atom. The van der Waals surface area contributed by atoms with Gasteiger partial charge < -0.3 is 9.84 Å². The van der Waals surface area contributed by atoms with E-state index in [1.54, 1.807) is 19.1 Å². The maximum absolute atomic E-state index is 8.77. The summed E-state index contributed by atoms with van der Waals surface area (Å²) in [7, 11) is 0. The molecule has 0 aromatic heterocycles. The number of halogens is 3. The number of hydrogen-bond donors (Lipinski definition) is 1. The van der Waals surface area contributed by atoms with Crippen molar-refractivity contribution in [2.45, 2.75) is 13.0 Å². The molecule has 1 aromatic carbocycles. The number of benzene rings is 1. The van der Waals surface area contributed by atoms with Gasteiger partial charge in [0.25, 0.3) is 0 Å². The van der Waals surface area contributed by atoms with Crippen molar-refractivity contribution < 1.29 is 9.84 Å². The lowest BCUT2D eigenvalue weighted by atomic mass is 10.3. The molecule has 2 nitrogen and oxygen atoms in total. The third-order valence-electron chi connectivity index (χ3n) is 1.55. The second-order valence-electron chi connectivity index (χ2n) is 2.81. The minimum Gasteiger partial charge on any atom is -0.488 e. The minimum atomic E-state index is -0.302. The van der Waals surface area contributed by atoms with Crippen LogP contribution in [-0.2, 0) is 0 Å². The molecule has 0 heterocycles. The van der Waals surface area contributed by atoms with Crippen molar-refractivity contribution in [3.05, 3.63) is 27.2 Å². The number of hydrogen-bond acceptors (Lipinski definition) is 2. The van der Waals surface area contributed by atoms with E-state index in [-0.39, 0.29) is 12.7 Å². The second-order valence-corrected chi connectivity index (χ2v) is 4.00. The lowest BCUT2D eigenvalue weighted by molar-refractivity contribution is 0.130. The quantitative estimate of drug-likeness (QED) is 0.839. The fourth-order valence-electron chi connectivity index (χ4n) is 0.870. The van der Waals surface area contributed by atoms with Crippen LogP contribution in [0.15, 0.2) is 12.1 Å². The summed E-state index contributed by atoms with van der Waals surface area (Å²) in [5.41, 5.74) is 0. The molecule has 14 heavy (non-hydrogen) atoms. The predicted molar refractivity (Wildman–Crippen MR) is 58.6 cm³/mol. The Bertz CT molecular complexity index is 305. The molecule has 5 heteroatoms. The molecular formula is C9H9Cl3O2. The molecule has 0 radical (unpaired) electrons. The number of rotatable bonds is 3. The van der Waals surface area contributed by atoms with Crippen LogP contribution < -0.4 is 4.74 Å². The Morgan fingerprint density at radius 3 is 2.21 bits per heavy atom. The molecule has 1 rings (SSSR count). The van der Waals surface area contributed by atoms with Crippen LogP contribution in [0.1, 0.15) is 6.92 Å². The summed E-state index contributed by atoms with van der Waals surface area (Å²) in [5.74, 6) is 0.492. The lowest BCUT2D eigenvalue weighted by Crippen LogP contribution is -2.16. The van der Waals surface area contributed by atoms with Crippen LogP contribution in [0.3, 0.4) is 0 Å². The Morgan fingerprint density at radius 2 is 1.79 bits per heavy atom. The average molecular weight is 256 g/mol. The van der Waals surface area contributed by atoms with Gasteiger partial charge in [-0.3, -0.25) is 0 Å². The highest BCUT2D eigenvalue weighted by atomic mass is 35.5. The molecule has 1 unspecified atom stereocenters. The van der Waals surface area contributed by atoms with Crippen molar-refractivity contribution in [2.75, 3.05) is 6.61 Å². The van der Waals surface area contributed by atoms with Gasteiger partial charge in [-0.05, 0) is 6.92 Å². The number of ether oxygens (including phenoxy) is 1. The topological polar surface area (TPSA) is 29.5 Å². The molecule has 0 aliphatic heterocycles. The van der Waals surface area contributed by atoms with E-state index >= 15 is 0 Å². The summed E-state index contributed by atoms with van der Waals surface area (Å²) in [6, 6.07) is 3.11. The summed E-state index contributed by atoms with van der Waals surface area (Å²) in [6.45, 7) is 1.66. The first kappa shape index (κ1) is 11.9. The molecule has 0 amide bonds. The van der Waals surface area contributed by atoms with Crippen LogP contribution in [0.4, 0.5) is 0 Å². The highest BCUT2D eigenvalue weighted by Gasteiger charge is 2.08. The zero-order valence-corrected chi connectivity index (χ0v) is 9.70. The first-order chi connectivity index (χ1) is 6.54. The Hall–Kier alpha value is -0.150. The van der Waals surface area contributed by atoms with Gasteiger partial charge in [-0.25, -0.2) is 0 Å². The minimum absolute atomic E-state index is 0.0716. The van der Waals surface area contributed by atoms with Crippen LogP contribution in [0.2, 0.25) is 15.1 Å². The predicted octanol–water partition coefficient (Wildman–Crippen LogP) is 3.41. The van der Waals surface area contributed by atoms with Gasteiger partial charge in [-0.15, -0.1) is 0 Å². The molecule has 0 aliphatic carbocycles. The van der Waals surface area contributed by atoms with E-state index < -0.39 is 0 Å². The lowest BCUT2D eigenvalue weighted by Gasteiger charge is -2.12. The van der Waals surface area contributed by atoms with Crippen LogP contribution >= 0.6 is 34.8 Å². The zero-order chi connectivity index (χ0) is 10.7. The summed E-state index contributed by atoms with van der Waals surface area (Å²) in [4.78, 5) is 0. The van der Waals surface area contributed by atoms with Gasteiger partial charge in [0.15, 0.2) is 0 Å². The van der Waals surface area contributed by atoms with E-state index in [9.17, 15) is 0 Å². The normalized spacial score (nSPS) is 12.6. The Labute approximate surface area is 97.3 Å². The van der Waals surface area contributed by atoms with E-state index in [1.165, 1.54) is 0 Å².